The van der Waals surface area contributed by atoms with Gasteiger partial charge in [-0.25, -0.2) is 4.98 Å². The Morgan fingerprint density at radius 3 is 3.12 bits per heavy atom. The second-order valence-electron chi connectivity index (χ2n) is 3.59. The molecule has 0 fully saturated rings. The second kappa shape index (κ2) is 4.14. The summed E-state index contributed by atoms with van der Waals surface area (Å²) in [5.41, 5.74) is 8.30. The summed E-state index contributed by atoms with van der Waals surface area (Å²) >= 11 is 1.57. The SMILES string of the molecule is Nc1ccc2nc(SCc3ccno3)[nH]c2c1. The molecule has 3 aromatic rings. The Kier molecular flexibility index (Phi) is 2.49. The number of anilines is 1. The van der Waals surface area contributed by atoms with Crippen LogP contribution < -0.4 is 5.73 Å². The van der Waals surface area contributed by atoms with Crippen LogP contribution in [-0.2, 0) is 5.75 Å². The van der Waals surface area contributed by atoms with E-state index < -0.39 is 0 Å². The molecular weight excluding hydrogens is 236 g/mol. The van der Waals surface area contributed by atoms with E-state index in [9.17, 15) is 0 Å². The van der Waals surface area contributed by atoms with Gasteiger partial charge in [-0.1, -0.05) is 16.9 Å². The van der Waals surface area contributed by atoms with E-state index in [4.69, 9.17) is 10.3 Å². The molecular formula is C11H10N4OS. The molecule has 86 valence electrons. The van der Waals surface area contributed by atoms with Crippen LogP contribution in [0.2, 0.25) is 0 Å². The summed E-state index contributed by atoms with van der Waals surface area (Å²) in [4.78, 5) is 7.65. The molecule has 0 aliphatic carbocycles. The summed E-state index contributed by atoms with van der Waals surface area (Å²) in [5, 5.41) is 4.50. The van der Waals surface area contributed by atoms with E-state index in [2.05, 4.69) is 15.1 Å². The highest BCUT2D eigenvalue weighted by atomic mass is 32.2. The van der Waals surface area contributed by atoms with Gasteiger partial charge in [-0.3, -0.25) is 0 Å². The number of nitrogens with one attached hydrogen (secondary N) is 1. The molecule has 0 atom stereocenters. The summed E-state index contributed by atoms with van der Waals surface area (Å²) in [6, 6.07) is 7.46. The quantitative estimate of drug-likeness (QED) is 0.548. The van der Waals surface area contributed by atoms with E-state index >= 15 is 0 Å². The van der Waals surface area contributed by atoms with Crippen molar-refractivity contribution in [1.29, 1.82) is 0 Å². The van der Waals surface area contributed by atoms with Crippen LogP contribution in [0.5, 0.6) is 0 Å². The van der Waals surface area contributed by atoms with Crippen molar-refractivity contribution < 1.29 is 4.52 Å². The monoisotopic (exact) mass is 246 g/mol. The van der Waals surface area contributed by atoms with E-state index in [0.717, 1.165) is 27.6 Å². The molecule has 0 spiro atoms. The van der Waals surface area contributed by atoms with Crippen molar-refractivity contribution in [3.8, 4) is 0 Å². The summed E-state index contributed by atoms with van der Waals surface area (Å²) < 4.78 is 5.02. The first-order valence-electron chi connectivity index (χ1n) is 5.09. The van der Waals surface area contributed by atoms with Gasteiger partial charge in [0, 0.05) is 11.8 Å². The minimum atomic E-state index is 0.704. The van der Waals surface area contributed by atoms with Crippen molar-refractivity contribution >= 4 is 28.5 Å². The summed E-state index contributed by atoms with van der Waals surface area (Å²) in [6.07, 6.45) is 1.63. The fourth-order valence-electron chi connectivity index (χ4n) is 1.53. The average molecular weight is 246 g/mol. The molecule has 0 aliphatic rings. The molecule has 0 bridgehead atoms. The largest absolute Gasteiger partial charge is 0.399 e. The second-order valence-corrected chi connectivity index (χ2v) is 4.55. The number of hydrogen-bond donors (Lipinski definition) is 2. The Balaban J connectivity index is 1.81. The third-order valence-electron chi connectivity index (χ3n) is 2.33. The number of H-pyrrole nitrogens is 1. The molecule has 0 amide bonds. The number of thioether (sulfide) groups is 1. The molecule has 17 heavy (non-hydrogen) atoms. The Labute approximate surface area is 101 Å². The third kappa shape index (κ3) is 2.12. The van der Waals surface area contributed by atoms with Crippen LogP contribution in [0, 0.1) is 0 Å². The first kappa shape index (κ1) is 10.2. The summed E-state index contributed by atoms with van der Waals surface area (Å²) in [7, 11) is 0. The molecule has 2 heterocycles. The summed E-state index contributed by atoms with van der Waals surface area (Å²) in [5.74, 6) is 1.53. The van der Waals surface area contributed by atoms with Crippen molar-refractivity contribution in [1.82, 2.24) is 15.1 Å². The molecule has 0 aliphatic heterocycles. The highest BCUT2D eigenvalue weighted by Crippen LogP contribution is 2.23. The maximum atomic E-state index is 5.71. The topological polar surface area (TPSA) is 80.7 Å². The average Bonchev–Trinajstić information content (AvgIpc) is 2.94. The molecule has 2 aromatic heterocycles. The number of hydrogen-bond acceptors (Lipinski definition) is 5. The smallest absolute Gasteiger partial charge is 0.166 e. The van der Waals surface area contributed by atoms with Gasteiger partial charge in [0.1, 0.15) is 5.76 Å². The molecule has 3 N–H and O–H groups in total. The number of imidazole rings is 1. The first-order valence-corrected chi connectivity index (χ1v) is 6.07. The minimum absolute atomic E-state index is 0.704. The van der Waals surface area contributed by atoms with Gasteiger partial charge >= 0.3 is 0 Å². The third-order valence-corrected chi connectivity index (χ3v) is 3.22. The van der Waals surface area contributed by atoms with Crippen molar-refractivity contribution in [2.45, 2.75) is 10.9 Å². The number of benzene rings is 1. The molecule has 0 unspecified atom stereocenters. The highest BCUT2D eigenvalue weighted by molar-refractivity contribution is 7.98. The number of nitrogen functional groups attached to an aromatic ring is 1. The van der Waals surface area contributed by atoms with E-state index in [1.807, 2.05) is 24.3 Å². The van der Waals surface area contributed by atoms with Gasteiger partial charge in [-0.2, -0.15) is 0 Å². The van der Waals surface area contributed by atoms with Gasteiger partial charge in [0.2, 0.25) is 0 Å². The van der Waals surface area contributed by atoms with Crippen LogP contribution in [-0.4, -0.2) is 15.1 Å². The maximum absolute atomic E-state index is 5.71. The Morgan fingerprint density at radius 2 is 2.29 bits per heavy atom. The van der Waals surface area contributed by atoms with Crippen LogP contribution in [0.4, 0.5) is 5.69 Å². The van der Waals surface area contributed by atoms with Crippen LogP contribution >= 0.6 is 11.8 Å². The first-order chi connectivity index (χ1) is 8.31. The van der Waals surface area contributed by atoms with E-state index in [0.29, 0.717) is 5.75 Å². The molecule has 0 saturated heterocycles. The van der Waals surface area contributed by atoms with Gasteiger partial charge in [-0.05, 0) is 18.2 Å². The van der Waals surface area contributed by atoms with Gasteiger partial charge in [0.25, 0.3) is 0 Å². The van der Waals surface area contributed by atoms with E-state index in [1.54, 1.807) is 18.0 Å². The van der Waals surface area contributed by atoms with Crippen LogP contribution in [0.25, 0.3) is 11.0 Å². The van der Waals surface area contributed by atoms with Crippen molar-refractivity contribution in [2.24, 2.45) is 0 Å². The molecule has 0 saturated carbocycles. The van der Waals surface area contributed by atoms with Gasteiger partial charge in [-0.15, -0.1) is 0 Å². The zero-order valence-electron chi connectivity index (χ0n) is 8.88. The van der Waals surface area contributed by atoms with E-state index in [-0.39, 0.29) is 0 Å². The Hall–Kier alpha value is -1.95. The lowest BCUT2D eigenvalue weighted by atomic mass is 10.3. The molecule has 3 rings (SSSR count). The minimum Gasteiger partial charge on any atom is -0.399 e. The standard InChI is InChI=1S/C11H10N4OS/c12-7-1-2-9-10(5-7)15-11(14-9)17-6-8-3-4-13-16-8/h1-5H,6,12H2,(H,14,15). The van der Waals surface area contributed by atoms with Gasteiger partial charge < -0.3 is 15.2 Å². The zero-order chi connectivity index (χ0) is 11.7. The number of rotatable bonds is 3. The lowest BCUT2D eigenvalue weighted by molar-refractivity contribution is 0.395. The number of nitrogens with zero attached hydrogens (tertiary/aromatic N) is 2. The Bertz CT molecular complexity index is 632. The number of nitrogens with two attached hydrogens (primary N) is 1. The number of aromatic nitrogens is 3. The fourth-order valence-corrected chi connectivity index (χ4v) is 2.30. The molecule has 0 radical (unpaired) electrons. The highest BCUT2D eigenvalue weighted by Gasteiger charge is 2.05. The number of fused-ring (bicyclic) bond motifs is 1. The normalized spacial score (nSPS) is 11.1. The van der Waals surface area contributed by atoms with Gasteiger partial charge in [0.15, 0.2) is 5.16 Å². The van der Waals surface area contributed by atoms with Crippen LogP contribution in [0.15, 0.2) is 40.1 Å². The lowest BCUT2D eigenvalue weighted by Crippen LogP contribution is -1.82. The Morgan fingerprint density at radius 1 is 1.35 bits per heavy atom. The van der Waals surface area contributed by atoms with E-state index in [1.165, 1.54) is 0 Å². The zero-order valence-corrected chi connectivity index (χ0v) is 9.70. The van der Waals surface area contributed by atoms with Crippen LogP contribution in [0.1, 0.15) is 5.76 Å². The predicted molar refractivity (Wildman–Crippen MR) is 66.6 cm³/mol. The van der Waals surface area contributed by atoms with Crippen molar-refractivity contribution in [2.75, 3.05) is 5.73 Å². The van der Waals surface area contributed by atoms with Crippen molar-refractivity contribution in [3.05, 3.63) is 36.2 Å². The molecule has 1 aromatic carbocycles. The summed E-state index contributed by atoms with van der Waals surface area (Å²) in [6.45, 7) is 0. The molecule has 5 nitrogen and oxygen atoms in total. The number of aromatic amines is 1. The predicted octanol–water partition coefficient (Wildman–Crippen LogP) is 2.43. The van der Waals surface area contributed by atoms with Crippen LogP contribution in [0.3, 0.4) is 0 Å². The fraction of sp³-hybridized carbons (Fsp3) is 0.0909. The van der Waals surface area contributed by atoms with Crippen molar-refractivity contribution in [3.63, 3.8) is 0 Å². The molecule has 6 heteroatoms. The maximum Gasteiger partial charge on any atom is 0.166 e. The lowest BCUT2D eigenvalue weighted by Gasteiger charge is -1.91. The van der Waals surface area contributed by atoms with Gasteiger partial charge in [0.05, 0.1) is 23.0 Å².